The zero-order valence-electron chi connectivity index (χ0n) is 11.1. The zero-order chi connectivity index (χ0) is 13.8. The van der Waals surface area contributed by atoms with Gasteiger partial charge in [0.1, 0.15) is 0 Å². The van der Waals surface area contributed by atoms with Gasteiger partial charge in [0.2, 0.25) is 0 Å². The lowest BCUT2D eigenvalue weighted by Crippen LogP contribution is -2.35. The summed E-state index contributed by atoms with van der Waals surface area (Å²) in [7, 11) is 1.79. The third-order valence-corrected chi connectivity index (χ3v) is 3.81. The van der Waals surface area contributed by atoms with E-state index < -0.39 is 0 Å². The molecule has 0 saturated carbocycles. The van der Waals surface area contributed by atoms with Crippen LogP contribution in [0.4, 0.5) is 5.69 Å². The topological polar surface area (TPSA) is 55.6 Å². The van der Waals surface area contributed by atoms with Crippen molar-refractivity contribution in [3.8, 4) is 0 Å². The molecule has 0 aromatic heterocycles. The first-order valence-electron chi connectivity index (χ1n) is 6.46. The van der Waals surface area contributed by atoms with E-state index in [1.54, 1.807) is 30.1 Å². The Hall–Kier alpha value is -1.26. The van der Waals surface area contributed by atoms with Crippen LogP contribution in [0.15, 0.2) is 18.2 Å². The maximum absolute atomic E-state index is 12.3. The van der Waals surface area contributed by atoms with Gasteiger partial charge in [-0.3, -0.25) is 4.79 Å². The van der Waals surface area contributed by atoms with E-state index in [4.69, 9.17) is 22.1 Å². The molecule has 0 radical (unpaired) electrons. The number of carbonyl (C=O) groups excluding carboxylic acids is 1. The van der Waals surface area contributed by atoms with Gasteiger partial charge in [-0.15, -0.1) is 0 Å². The van der Waals surface area contributed by atoms with Gasteiger partial charge in [0.15, 0.2) is 0 Å². The van der Waals surface area contributed by atoms with Gasteiger partial charge < -0.3 is 15.4 Å². The minimum Gasteiger partial charge on any atom is -0.398 e. The molecular formula is C14H19ClN2O2. The van der Waals surface area contributed by atoms with Crippen LogP contribution in [0.25, 0.3) is 0 Å². The number of hydrogen-bond acceptors (Lipinski definition) is 3. The number of benzene rings is 1. The molecule has 1 aliphatic rings. The minimum absolute atomic E-state index is 0.0946. The van der Waals surface area contributed by atoms with Crippen molar-refractivity contribution < 1.29 is 9.53 Å². The summed E-state index contributed by atoms with van der Waals surface area (Å²) in [5, 5.41) is 0.333. The Labute approximate surface area is 118 Å². The second-order valence-corrected chi connectivity index (χ2v) is 5.36. The summed E-state index contributed by atoms with van der Waals surface area (Å²) in [5.74, 6) is 0.311. The van der Waals surface area contributed by atoms with E-state index in [9.17, 15) is 4.79 Å². The molecule has 1 heterocycles. The first-order valence-corrected chi connectivity index (χ1v) is 6.84. The van der Waals surface area contributed by atoms with Gasteiger partial charge in [-0.1, -0.05) is 17.7 Å². The summed E-state index contributed by atoms with van der Waals surface area (Å²) < 4.78 is 5.43. The highest BCUT2D eigenvalue weighted by Gasteiger charge is 2.21. The summed E-state index contributed by atoms with van der Waals surface area (Å²) in [4.78, 5) is 14.0. The SMILES string of the molecule is CN(CC1CCCOC1)C(=O)c1cccc(N)c1Cl. The van der Waals surface area contributed by atoms with Crippen LogP contribution < -0.4 is 5.73 Å². The van der Waals surface area contributed by atoms with Crippen molar-refractivity contribution in [1.82, 2.24) is 4.90 Å². The van der Waals surface area contributed by atoms with Crippen LogP contribution in [-0.4, -0.2) is 37.6 Å². The molecule has 2 N–H and O–H groups in total. The highest BCUT2D eigenvalue weighted by atomic mass is 35.5. The fourth-order valence-corrected chi connectivity index (χ4v) is 2.55. The predicted molar refractivity (Wildman–Crippen MR) is 76.4 cm³/mol. The summed E-state index contributed by atoms with van der Waals surface area (Å²) >= 11 is 6.08. The maximum Gasteiger partial charge on any atom is 0.255 e. The lowest BCUT2D eigenvalue weighted by molar-refractivity contribution is 0.0388. The number of amides is 1. The molecule has 1 saturated heterocycles. The van der Waals surface area contributed by atoms with E-state index in [1.807, 2.05) is 0 Å². The van der Waals surface area contributed by atoms with Crippen LogP contribution in [0.5, 0.6) is 0 Å². The molecule has 0 bridgehead atoms. The van der Waals surface area contributed by atoms with Gasteiger partial charge >= 0.3 is 0 Å². The van der Waals surface area contributed by atoms with Gasteiger partial charge in [0, 0.05) is 20.2 Å². The molecule has 19 heavy (non-hydrogen) atoms. The molecule has 2 rings (SSSR count). The number of anilines is 1. The van der Waals surface area contributed by atoms with Crippen molar-refractivity contribution in [1.29, 1.82) is 0 Å². The standard InChI is InChI=1S/C14H19ClN2O2/c1-17(8-10-4-3-7-19-9-10)14(18)11-5-2-6-12(16)13(11)15/h2,5-6,10H,3-4,7-9,16H2,1H3. The number of ether oxygens (including phenoxy) is 1. The van der Waals surface area contributed by atoms with Gasteiger partial charge in [-0.05, 0) is 30.9 Å². The molecule has 1 aromatic rings. The number of hydrogen-bond donors (Lipinski definition) is 1. The summed E-state index contributed by atoms with van der Waals surface area (Å²) in [6.07, 6.45) is 2.16. The van der Waals surface area contributed by atoms with E-state index in [0.29, 0.717) is 28.7 Å². The van der Waals surface area contributed by atoms with Crippen molar-refractivity contribution in [2.75, 3.05) is 32.5 Å². The summed E-state index contributed by atoms with van der Waals surface area (Å²) in [6, 6.07) is 5.13. The smallest absolute Gasteiger partial charge is 0.255 e. The molecule has 1 fully saturated rings. The monoisotopic (exact) mass is 282 g/mol. The molecular weight excluding hydrogens is 264 g/mol. The fraction of sp³-hybridized carbons (Fsp3) is 0.500. The Morgan fingerprint density at radius 3 is 3.05 bits per heavy atom. The molecule has 1 unspecified atom stereocenters. The fourth-order valence-electron chi connectivity index (χ4n) is 2.34. The summed E-state index contributed by atoms with van der Waals surface area (Å²) in [5.41, 5.74) is 6.61. The molecule has 1 aromatic carbocycles. The molecule has 1 atom stereocenters. The molecule has 0 aliphatic carbocycles. The third kappa shape index (κ3) is 3.39. The van der Waals surface area contributed by atoms with Crippen LogP contribution in [0.3, 0.4) is 0 Å². The van der Waals surface area contributed by atoms with Crippen molar-refractivity contribution >= 4 is 23.2 Å². The Balaban J connectivity index is 2.03. The number of carbonyl (C=O) groups is 1. The van der Waals surface area contributed by atoms with Gasteiger partial charge in [0.05, 0.1) is 22.9 Å². The molecule has 0 spiro atoms. The Kier molecular flexibility index (Phi) is 4.66. The highest BCUT2D eigenvalue weighted by molar-refractivity contribution is 6.36. The van der Waals surface area contributed by atoms with Crippen LogP contribution in [0.2, 0.25) is 5.02 Å². The number of rotatable bonds is 3. The van der Waals surface area contributed by atoms with E-state index in [-0.39, 0.29) is 5.91 Å². The molecule has 5 heteroatoms. The predicted octanol–water partition coefficient (Wildman–Crippen LogP) is 2.42. The van der Waals surface area contributed by atoms with Crippen LogP contribution in [0, 0.1) is 5.92 Å². The largest absolute Gasteiger partial charge is 0.398 e. The minimum atomic E-state index is -0.0946. The number of nitrogens with zero attached hydrogens (tertiary/aromatic N) is 1. The van der Waals surface area contributed by atoms with Crippen molar-refractivity contribution in [2.24, 2.45) is 5.92 Å². The lowest BCUT2D eigenvalue weighted by atomic mass is 10.0. The van der Waals surface area contributed by atoms with Gasteiger partial charge in [0.25, 0.3) is 5.91 Å². The number of nitrogens with two attached hydrogens (primary N) is 1. The third-order valence-electron chi connectivity index (χ3n) is 3.39. The van der Waals surface area contributed by atoms with E-state index in [0.717, 1.165) is 26.1 Å². The number of nitrogen functional groups attached to an aromatic ring is 1. The summed E-state index contributed by atoms with van der Waals surface area (Å²) in [6.45, 7) is 2.24. The van der Waals surface area contributed by atoms with Crippen molar-refractivity contribution in [2.45, 2.75) is 12.8 Å². The van der Waals surface area contributed by atoms with Crippen LogP contribution in [-0.2, 0) is 4.74 Å². The van der Waals surface area contributed by atoms with Crippen LogP contribution >= 0.6 is 11.6 Å². The average Bonchev–Trinajstić information content (AvgIpc) is 2.42. The van der Waals surface area contributed by atoms with Gasteiger partial charge in [-0.2, -0.15) is 0 Å². The molecule has 1 amide bonds. The first-order chi connectivity index (χ1) is 9.09. The lowest BCUT2D eigenvalue weighted by Gasteiger charge is -2.27. The van der Waals surface area contributed by atoms with Crippen LogP contribution in [0.1, 0.15) is 23.2 Å². The van der Waals surface area contributed by atoms with E-state index in [1.165, 1.54) is 0 Å². The maximum atomic E-state index is 12.3. The number of halogens is 1. The van der Waals surface area contributed by atoms with Gasteiger partial charge in [-0.25, -0.2) is 0 Å². The zero-order valence-corrected chi connectivity index (χ0v) is 11.8. The normalized spacial score (nSPS) is 19.2. The second kappa shape index (κ2) is 6.26. The Bertz CT molecular complexity index is 459. The molecule has 4 nitrogen and oxygen atoms in total. The van der Waals surface area contributed by atoms with Crippen molar-refractivity contribution in [3.05, 3.63) is 28.8 Å². The molecule has 104 valence electrons. The Morgan fingerprint density at radius 2 is 2.37 bits per heavy atom. The highest BCUT2D eigenvalue weighted by Crippen LogP contribution is 2.24. The van der Waals surface area contributed by atoms with E-state index >= 15 is 0 Å². The van der Waals surface area contributed by atoms with Crippen molar-refractivity contribution in [3.63, 3.8) is 0 Å². The Morgan fingerprint density at radius 1 is 1.58 bits per heavy atom. The average molecular weight is 283 g/mol. The quantitative estimate of drug-likeness (QED) is 0.866. The second-order valence-electron chi connectivity index (χ2n) is 4.98. The first kappa shape index (κ1) is 14.2. The van der Waals surface area contributed by atoms with E-state index in [2.05, 4.69) is 0 Å². The molecule has 1 aliphatic heterocycles.